The lowest BCUT2D eigenvalue weighted by Gasteiger charge is -2.23. The minimum absolute atomic E-state index is 0.102. The maximum atomic E-state index is 12.5. The lowest BCUT2D eigenvalue weighted by Crippen LogP contribution is -2.43. The molecule has 0 unspecified atom stereocenters. The van der Waals surface area contributed by atoms with Gasteiger partial charge in [0.2, 0.25) is 0 Å². The van der Waals surface area contributed by atoms with Gasteiger partial charge in [0.1, 0.15) is 6.61 Å². The molecule has 140 valence electrons. The van der Waals surface area contributed by atoms with Crippen LogP contribution in [0.25, 0.3) is 0 Å². The van der Waals surface area contributed by atoms with Gasteiger partial charge in [-0.1, -0.05) is 24.8 Å². The van der Waals surface area contributed by atoms with Crippen molar-refractivity contribution < 1.29 is 28.6 Å². The second kappa shape index (κ2) is 8.17. The highest BCUT2D eigenvalue weighted by Gasteiger charge is 2.52. The molecule has 0 heterocycles. The third kappa shape index (κ3) is 3.95. The molecule has 0 saturated heterocycles. The van der Waals surface area contributed by atoms with E-state index in [0.29, 0.717) is 5.57 Å². The van der Waals surface area contributed by atoms with E-state index in [0.717, 1.165) is 16.7 Å². The second-order valence-electron chi connectivity index (χ2n) is 6.34. The van der Waals surface area contributed by atoms with Crippen LogP contribution in [0.2, 0.25) is 0 Å². The second-order valence-corrected chi connectivity index (χ2v) is 6.34. The number of ether oxygens (including phenoxy) is 3. The average Bonchev–Trinajstić information content (AvgIpc) is 3.00. The summed E-state index contributed by atoms with van der Waals surface area (Å²) < 4.78 is 15.4. The third-order valence-electron chi connectivity index (χ3n) is 4.31. The molecule has 1 aromatic carbocycles. The summed E-state index contributed by atoms with van der Waals surface area (Å²) in [5.74, 6) is -1.59. The molecule has 1 aliphatic carbocycles. The van der Waals surface area contributed by atoms with Crippen molar-refractivity contribution in [3.05, 3.63) is 47.0 Å². The molecular weight excluding hydrogens is 336 g/mol. The minimum Gasteiger partial charge on any atom is -0.465 e. The highest BCUT2D eigenvalue weighted by molar-refractivity contribution is 6.01. The SMILES string of the molecule is C=C(C)C(=O)OCc1ccc2c(c1)CC(C(=O)OCC)(C(=O)OCC)C2. The maximum Gasteiger partial charge on any atom is 0.333 e. The van der Waals surface area contributed by atoms with Crippen LogP contribution in [-0.4, -0.2) is 31.1 Å². The number of carbonyl (C=O) groups is 3. The summed E-state index contributed by atoms with van der Waals surface area (Å²) in [6.45, 7) is 9.01. The largest absolute Gasteiger partial charge is 0.465 e. The van der Waals surface area contributed by atoms with Gasteiger partial charge in [0.05, 0.1) is 13.2 Å². The first kappa shape index (κ1) is 19.7. The van der Waals surface area contributed by atoms with Gasteiger partial charge < -0.3 is 14.2 Å². The molecule has 0 amide bonds. The molecule has 26 heavy (non-hydrogen) atoms. The van der Waals surface area contributed by atoms with Crippen LogP contribution in [0.15, 0.2) is 30.4 Å². The van der Waals surface area contributed by atoms with E-state index in [2.05, 4.69) is 6.58 Å². The monoisotopic (exact) mass is 360 g/mol. The number of hydrogen-bond acceptors (Lipinski definition) is 6. The Balaban J connectivity index is 2.23. The van der Waals surface area contributed by atoms with Crippen molar-refractivity contribution in [2.45, 2.75) is 40.2 Å². The van der Waals surface area contributed by atoms with Crippen LogP contribution in [0.1, 0.15) is 37.5 Å². The topological polar surface area (TPSA) is 78.9 Å². The molecule has 0 radical (unpaired) electrons. The molecule has 0 N–H and O–H groups in total. The van der Waals surface area contributed by atoms with Crippen molar-refractivity contribution in [2.24, 2.45) is 5.41 Å². The molecule has 0 saturated carbocycles. The van der Waals surface area contributed by atoms with E-state index in [4.69, 9.17) is 14.2 Å². The Hall–Kier alpha value is -2.63. The summed E-state index contributed by atoms with van der Waals surface area (Å²) in [7, 11) is 0. The Morgan fingerprint density at radius 3 is 2.12 bits per heavy atom. The summed E-state index contributed by atoms with van der Waals surface area (Å²) in [5.41, 5.74) is 1.51. The Kier molecular flexibility index (Phi) is 6.18. The minimum atomic E-state index is -1.35. The Morgan fingerprint density at radius 2 is 1.58 bits per heavy atom. The number of hydrogen-bond donors (Lipinski definition) is 0. The molecule has 6 heteroatoms. The van der Waals surface area contributed by atoms with Gasteiger partial charge in [-0.25, -0.2) is 4.79 Å². The standard InChI is InChI=1S/C20H24O6/c1-5-24-18(22)20(19(23)25-6-2)10-15-8-7-14(9-16(15)11-20)12-26-17(21)13(3)4/h7-9H,3,5-6,10-12H2,1-2,4H3. The first-order chi connectivity index (χ1) is 12.3. The molecule has 2 rings (SSSR count). The lowest BCUT2D eigenvalue weighted by atomic mass is 9.84. The number of carbonyl (C=O) groups excluding carboxylic acids is 3. The Morgan fingerprint density at radius 1 is 1.00 bits per heavy atom. The fraction of sp³-hybridized carbons (Fsp3) is 0.450. The van der Waals surface area contributed by atoms with Crippen LogP contribution in [-0.2, 0) is 48.0 Å². The molecule has 1 aromatic rings. The van der Waals surface area contributed by atoms with Crippen molar-refractivity contribution in [1.82, 2.24) is 0 Å². The van der Waals surface area contributed by atoms with Gasteiger partial charge in [0.25, 0.3) is 0 Å². The smallest absolute Gasteiger partial charge is 0.333 e. The summed E-state index contributed by atoms with van der Waals surface area (Å²) >= 11 is 0. The highest BCUT2D eigenvalue weighted by atomic mass is 16.6. The molecule has 0 aliphatic heterocycles. The summed E-state index contributed by atoms with van der Waals surface area (Å²) in [5, 5.41) is 0. The Labute approximate surface area is 153 Å². The van der Waals surface area contributed by atoms with Gasteiger partial charge >= 0.3 is 17.9 Å². The highest BCUT2D eigenvalue weighted by Crippen LogP contribution is 2.40. The van der Waals surface area contributed by atoms with E-state index in [1.54, 1.807) is 20.8 Å². The molecule has 0 aromatic heterocycles. The average molecular weight is 360 g/mol. The molecule has 0 spiro atoms. The number of esters is 3. The predicted molar refractivity (Wildman–Crippen MR) is 94.2 cm³/mol. The summed E-state index contributed by atoms with van der Waals surface area (Å²) in [4.78, 5) is 36.6. The Bertz CT molecular complexity index is 716. The molecule has 6 nitrogen and oxygen atoms in total. The normalized spacial score (nSPS) is 14.3. The zero-order valence-electron chi connectivity index (χ0n) is 15.4. The molecule has 1 aliphatic rings. The number of benzene rings is 1. The van der Waals surface area contributed by atoms with Crippen molar-refractivity contribution in [1.29, 1.82) is 0 Å². The van der Waals surface area contributed by atoms with Crippen LogP contribution >= 0.6 is 0 Å². The zero-order valence-corrected chi connectivity index (χ0v) is 15.4. The van der Waals surface area contributed by atoms with E-state index < -0.39 is 23.3 Å². The van der Waals surface area contributed by atoms with Gasteiger partial charge in [0.15, 0.2) is 5.41 Å². The van der Waals surface area contributed by atoms with Crippen LogP contribution in [0.3, 0.4) is 0 Å². The fourth-order valence-electron chi connectivity index (χ4n) is 3.00. The summed E-state index contributed by atoms with van der Waals surface area (Å²) in [6.07, 6.45) is 0.452. The fourth-order valence-corrected chi connectivity index (χ4v) is 3.00. The predicted octanol–water partition coefficient (Wildman–Crippen LogP) is 2.52. The van der Waals surface area contributed by atoms with Crippen molar-refractivity contribution >= 4 is 17.9 Å². The van der Waals surface area contributed by atoms with E-state index in [1.807, 2.05) is 18.2 Å². The lowest BCUT2D eigenvalue weighted by molar-refractivity contribution is -0.171. The maximum absolute atomic E-state index is 12.5. The van der Waals surface area contributed by atoms with Gasteiger partial charge in [-0.05, 0) is 50.3 Å². The van der Waals surface area contributed by atoms with E-state index in [-0.39, 0.29) is 32.7 Å². The molecular formula is C20H24O6. The van der Waals surface area contributed by atoms with Crippen molar-refractivity contribution in [2.75, 3.05) is 13.2 Å². The molecule has 0 atom stereocenters. The first-order valence-electron chi connectivity index (χ1n) is 8.61. The van der Waals surface area contributed by atoms with Gasteiger partial charge in [0, 0.05) is 5.57 Å². The van der Waals surface area contributed by atoms with Crippen LogP contribution < -0.4 is 0 Å². The van der Waals surface area contributed by atoms with Gasteiger partial charge in [-0.3, -0.25) is 9.59 Å². The van der Waals surface area contributed by atoms with Gasteiger partial charge in [-0.2, -0.15) is 0 Å². The molecule has 0 fully saturated rings. The zero-order chi connectivity index (χ0) is 19.3. The quantitative estimate of drug-likeness (QED) is 0.322. The van der Waals surface area contributed by atoms with Crippen LogP contribution in [0.5, 0.6) is 0 Å². The van der Waals surface area contributed by atoms with Crippen molar-refractivity contribution in [3.8, 4) is 0 Å². The third-order valence-corrected chi connectivity index (χ3v) is 4.31. The number of fused-ring (bicyclic) bond motifs is 1. The van der Waals surface area contributed by atoms with Gasteiger partial charge in [-0.15, -0.1) is 0 Å². The number of rotatable bonds is 7. The molecule has 0 bridgehead atoms. The van der Waals surface area contributed by atoms with Crippen LogP contribution in [0, 0.1) is 5.41 Å². The van der Waals surface area contributed by atoms with E-state index >= 15 is 0 Å². The van der Waals surface area contributed by atoms with E-state index in [9.17, 15) is 14.4 Å². The van der Waals surface area contributed by atoms with Crippen LogP contribution in [0.4, 0.5) is 0 Å². The summed E-state index contributed by atoms with van der Waals surface area (Å²) in [6, 6.07) is 5.51. The first-order valence-corrected chi connectivity index (χ1v) is 8.61. The van der Waals surface area contributed by atoms with E-state index in [1.165, 1.54) is 0 Å². The van der Waals surface area contributed by atoms with Crippen molar-refractivity contribution in [3.63, 3.8) is 0 Å².